The van der Waals surface area contributed by atoms with Crippen LogP contribution in [0.15, 0.2) is 17.8 Å². The Morgan fingerprint density at radius 3 is 3.09 bits per heavy atom. The highest BCUT2D eigenvalue weighted by Gasteiger charge is 2.06. The van der Waals surface area contributed by atoms with Crippen LogP contribution in [0.5, 0.6) is 0 Å². The van der Waals surface area contributed by atoms with Gasteiger partial charge < -0.3 is 10.1 Å². The van der Waals surface area contributed by atoms with Gasteiger partial charge in [0.15, 0.2) is 0 Å². The largest absolute Gasteiger partial charge is 0.466 e. The van der Waals surface area contributed by atoms with Crippen LogP contribution >= 0.6 is 12.4 Å². The lowest BCUT2D eigenvalue weighted by atomic mass is 10.1. The van der Waals surface area contributed by atoms with Crippen molar-refractivity contribution in [3.63, 3.8) is 0 Å². The number of carbonyl (C=O) groups is 1. The number of hydrogen-bond donors (Lipinski definition) is 1. The quantitative estimate of drug-likeness (QED) is 0.618. The van der Waals surface area contributed by atoms with Crippen LogP contribution in [0.1, 0.15) is 44.7 Å². The van der Waals surface area contributed by atoms with E-state index in [0.717, 1.165) is 38.2 Å². The number of nitrogens with zero attached hydrogens (tertiary/aromatic N) is 2. The number of halogens is 1. The summed E-state index contributed by atoms with van der Waals surface area (Å²) in [5, 5.41) is 7.93. The fraction of sp³-hybridized carbons (Fsp3) is 0.625. The molecule has 0 amide bonds. The molecule has 0 unspecified atom stereocenters. The number of hydrogen-bond acceptors (Lipinski definition) is 4. The maximum atomic E-state index is 11.2. The van der Waals surface area contributed by atoms with Gasteiger partial charge in [-0.2, -0.15) is 5.10 Å². The summed E-state index contributed by atoms with van der Waals surface area (Å²) >= 11 is 0. The van der Waals surface area contributed by atoms with E-state index >= 15 is 0 Å². The topological polar surface area (TPSA) is 56.1 Å². The Morgan fingerprint density at radius 1 is 1.50 bits per heavy atom. The zero-order valence-electron chi connectivity index (χ0n) is 13.2. The highest BCUT2D eigenvalue weighted by molar-refractivity contribution is 5.85. The zero-order chi connectivity index (χ0) is 14.9. The van der Waals surface area contributed by atoms with Gasteiger partial charge in [-0.3, -0.25) is 9.48 Å². The molecule has 6 heteroatoms. The van der Waals surface area contributed by atoms with Crippen molar-refractivity contribution >= 4 is 24.5 Å². The molecule has 0 spiro atoms. The van der Waals surface area contributed by atoms with Gasteiger partial charge in [0, 0.05) is 25.7 Å². The van der Waals surface area contributed by atoms with Gasteiger partial charge in [0.2, 0.25) is 0 Å². The molecule has 1 N–H and O–H groups in total. The molecule has 124 valence electrons. The minimum absolute atomic E-state index is 0. The Bertz CT molecular complexity index is 477. The molecule has 0 radical (unpaired) electrons. The molecule has 0 atom stereocenters. The van der Waals surface area contributed by atoms with E-state index in [2.05, 4.69) is 16.5 Å². The average Bonchev–Trinajstić information content (AvgIpc) is 2.92. The predicted molar refractivity (Wildman–Crippen MR) is 90.0 cm³/mol. The molecule has 1 fully saturated rings. The first-order valence-corrected chi connectivity index (χ1v) is 7.87. The molecule has 1 aromatic rings. The van der Waals surface area contributed by atoms with Gasteiger partial charge >= 0.3 is 5.97 Å². The van der Waals surface area contributed by atoms with Crippen LogP contribution in [0.2, 0.25) is 0 Å². The van der Waals surface area contributed by atoms with Crippen molar-refractivity contribution < 1.29 is 9.53 Å². The molecule has 0 saturated carbocycles. The van der Waals surface area contributed by atoms with Gasteiger partial charge in [-0.25, -0.2) is 0 Å². The second-order valence-corrected chi connectivity index (χ2v) is 5.35. The minimum atomic E-state index is -0.104. The monoisotopic (exact) mass is 327 g/mol. The lowest BCUT2D eigenvalue weighted by Gasteiger charge is -2.14. The summed E-state index contributed by atoms with van der Waals surface area (Å²) < 4.78 is 6.86. The van der Waals surface area contributed by atoms with Crippen molar-refractivity contribution in [2.75, 3.05) is 19.7 Å². The summed E-state index contributed by atoms with van der Waals surface area (Å²) in [4.78, 5) is 11.2. The van der Waals surface area contributed by atoms with Crippen LogP contribution in [0.4, 0.5) is 0 Å². The fourth-order valence-corrected chi connectivity index (χ4v) is 2.47. The fourth-order valence-electron chi connectivity index (χ4n) is 2.47. The number of ether oxygens (including phenoxy) is 1. The number of esters is 1. The van der Waals surface area contributed by atoms with Crippen molar-refractivity contribution in [1.82, 2.24) is 15.1 Å². The Balaban J connectivity index is 0.00000242. The van der Waals surface area contributed by atoms with Gasteiger partial charge in [-0.1, -0.05) is 5.57 Å². The standard InChI is InChI=1S/C16H25N3O2.ClH/c1-2-21-16(20)7-3-4-10-19-11-8-15(18-19)12-14-6-5-9-17-13-14;/h8,11-12,17H,2-7,9-10,13H2,1H3;1H. The van der Waals surface area contributed by atoms with Crippen LogP contribution < -0.4 is 5.32 Å². The predicted octanol–water partition coefficient (Wildman–Crippen LogP) is 2.81. The molecule has 1 aromatic heterocycles. The second kappa shape index (κ2) is 10.4. The normalized spacial score (nSPS) is 16.3. The highest BCUT2D eigenvalue weighted by Crippen LogP contribution is 2.12. The molecule has 2 heterocycles. The van der Waals surface area contributed by atoms with Crippen molar-refractivity contribution in [2.45, 2.75) is 45.6 Å². The van der Waals surface area contributed by atoms with E-state index in [1.165, 1.54) is 18.4 Å². The van der Waals surface area contributed by atoms with Crippen molar-refractivity contribution in [1.29, 1.82) is 0 Å². The molecule has 1 saturated heterocycles. The van der Waals surface area contributed by atoms with Crippen molar-refractivity contribution in [3.8, 4) is 0 Å². The van der Waals surface area contributed by atoms with Crippen molar-refractivity contribution in [2.24, 2.45) is 0 Å². The molecule has 0 aromatic carbocycles. The minimum Gasteiger partial charge on any atom is -0.466 e. The SMILES string of the molecule is CCOC(=O)CCCCn1ccc(C=C2CCCNC2)n1.Cl. The number of piperidine rings is 1. The number of unbranched alkanes of at least 4 members (excludes halogenated alkanes) is 1. The lowest BCUT2D eigenvalue weighted by Crippen LogP contribution is -2.23. The number of aryl methyl sites for hydroxylation is 1. The van der Waals surface area contributed by atoms with E-state index in [1.807, 2.05) is 23.9 Å². The second-order valence-electron chi connectivity index (χ2n) is 5.35. The molecule has 0 aliphatic carbocycles. The van der Waals surface area contributed by atoms with E-state index in [1.54, 1.807) is 0 Å². The molecule has 22 heavy (non-hydrogen) atoms. The summed E-state index contributed by atoms with van der Waals surface area (Å²) in [6, 6.07) is 2.05. The third-order valence-electron chi connectivity index (χ3n) is 3.54. The van der Waals surface area contributed by atoms with Crippen LogP contribution in [0.3, 0.4) is 0 Å². The average molecular weight is 328 g/mol. The van der Waals surface area contributed by atoms with E-state index in [-0.39, 0.29) is 18.4 Å². The van der Waals surface area contributed by atoms with Crippen LogP contribution in [-0.2, 0) is 16.1 Å². The molecule has 5 nitrogen and oxygen atoms in total. The van der Waals surface area contributed by atoms with Gasteiger partial charge in [0.1, 0.15) is 0 Å². The summed E-state index contributed by atoms with van der Waals surface area (Å²) in [6.07, 6.45) is 8.85. The van der Waals surface area contributed by atoms with Crippen LogP contribution in [-0.4, -0.2) is 35.4 Å². The van der Waals surface area contributed by atoms with Crippen LogP contribution in [0.25, 0.3) is 6.08 Å². The Hall–Kier alpha value is -1.33. The number of rotatable bonds is 7. The van der Waals surface area contributed by atoms with Gasteiger partial charge in [0.25, 0.3) is 0 Å². The molecular formula is C16H26ClN3O2. The van der Waals surface area contributed by atoms with E-state index < -0.39 is 0 Å². The smallest absolute Gasteiger partial charge is 0.305 e. The van der Waals surface area contributed by atoms with E-state index in [4.69, 9.17) is 4.74 Å². The Morgan fingerprint density at radius 2 is 2.36 bits per heavy atom. The molecule has 0 bridgehead atoms. The highest BCUT2D eigenvalue weighted by atomic mass is 35.5. The van der Waals surface area contributed by atoms with E-state index in [0.29, 0.717) is 13.0 Å². The third-order valence-corrected chi connectivity index (χ3v) is 3.54. The first kappa shape index (κ1) is 18.7. The first-order valence-electron chi connectivity index (χ1n) is 7.87. The summed E-state index contributed by atoms with van der Waals surface area (Å²) in [5.41, 5.74) is 2.45. The Kier molecular flexibility index (Phi) is 8.85. The molecule has 2 rings (SSSR count). The summed E-state index contributed by atoms with van der Waals surface area (Å²) in [6.45, 7) is 5.24. The number of carbonyl (C=O) groups excluding carboxylic acids is 1. The molecular weight excluding hydrogens is 302 g/mol. The maximum absolute atomic E-state index is 11.2. The Labute approximate surface area is 138 Å². The molecule has 1 aliphatic heterocycles. The summed E-state index contributed by atoms with van der Waals surface area (Å²) in [5.74, 6) is -0.104. The number of aromatic nitrogens is 2. The zero-order valence-corrected chi connectivity index (χ0v) is 14.0. The van der Waals surface area contributed by atoms with Gasteiger partial charge in [-0.05, 0) is 51.3 Å². The number of nitrogens with one attached hydrogen (secondary N) is 1. The van der Waals surface area contributed by atoms with Crippen molar-refractivity contribution in [3.05, 3.63) is 23.5 Å². The lowest BCUT2D eigenvalue weighted by molar-refractivity contribution is -0.143. The third kappa shape index (κ3) is 6.62. The maximum Gasteiger partial charge on any atom is 0.305 e. The summed E-state index contributed by atoms with van der Waals surface area (Å²) in [7, 11) is 0. The first-order chi connectivity index (χ1) is 10.3. The molecule has 1 aliphatic rings. The van der Waals surface area contributed by atoms with Crippen LogP contribution in [0, 0.1) is 0 Å². The van der Waals surface area contributed by atoms with Gasteiger partial charge in [0.05, 0.1) is 12.3 Å². The van der Waals surface area contributed by atoms with Gasteiger partial charge in [-0.15, -0.1) is 12.4 Å². The van der Waals surface area contributed by atoms with E-state index in [9.17, 15) is 4.79 Å².